The fraction of sp³-hybridized carbons (Fsp3) is 0.533. The fourth-order valence-corrected chi connectivity index (χ4v) is 2.36. The van der Waals surface area contributed by atoms with E-state index in [0.717, 1.165) is 31.5 Å². The van der Waals surface area contributed by atoms with Crippen LogP contribution in [0.4, 0.5) is 4.39 Å². The van der Waals surface area contributed by atoms with E-state index in [2.05, 4.69) is 5.32 Å². The number of nitrogens with one attached hydrogen (secondary N) is 1. The van der Waals surface area contributed by atoms with Crippen molar-refractivity contribution in [1.82, 2.24) is 10.2 Å². The molecule has 19 heavy (non-hydrogen) atoms. The molecule has 1 aromatic carbocycles. The van der Waals surface area contributed by atoms with E-state index in [1.807, 2.05) is 11.8 Å². The summed E-state index contributed by atoms with van der Waals surface area (Å²) in [5, 5.41) is 3.20. The molecule has 104 valence electrons. The van der Waals surface area contributed by atoms with Crippen LogP contribution in [0.2, 0.25) is 0 Å². The minimum Gasteiger partial charge on any atom is -0.342 e. The van der Waals surface area contributed by atoms with Gasteiger partial charge in [0, 0.05) is 19.1 Å². The second-order valence-electron chi connectivity index (χ2n) is 5.10. The van der Waals surface area contributed by atoms with Gasteiger partial charge in [0.2, 0.25) is 5.91 Å². The van der Waals surface area contributed by atoms with E-state index in [0.29, 0.717) is 6.54 Å². The number of benzene rings is 1. The molecule has 1 aliphatic rings. The fourth-order valence-electron chi connectivity index (χ4n) is 2.36. The number of nitrogens with zero attached hydrogens (tertiary/aromatic N) is 1. The molecule has 3 nitrogen and oxygen atoms in total. The normalized spacial score (nSPS) is 17.3. The van der Waals surface area contributed by atoms with E-state index in [9.17, 15) is 9.18 Å². The van der Waals surface area contributed by atoms with Crippen LogP contribution < -0.4 is 5.32 Å². The predicted molar refractivity (Wildman–Crippen MR) is 73.2 cm³/mol. The lowest BCUT2D eigenvalue weighted by Crippen LogP contribution is -2.41. The second-order valence-corrected chi connectivity index (χ2v) is 5.10. The molecule has 1 aromatic rings. The Kier molecular flexibility index (Phi) is 4.91. The molecular weight excluding hydrogens is 243 g/mol. The Morgan fingerprint density at radius 3 is 2.53 bits per heavy atom. The van der Waals surface area contributed by atoms with Crippen LogP contribution in [-0.2, 0) is 4.79 Å². The molecule has 0 spiro atoms. The number of halogens is 1. The first-order chi connectivity index (χ1) is 9.16. The zero-order valence-corrected chi connectivity index (χ0v) is 11.4. The number of carbonyl (C=O) groups excluding carboxylic acids is 1. The van der Waals surface area contributed by atoms with Crippen LogP contribution in [0.5, 0.6) is 0 Å². The Bertz CT molecular complexity index is 413. The molecular formula is C15H21FN2O. The molecule has 2 rings (SSSR count). The summed E-state index contributed by atoms with van der Waals surface area (Å²) >= 11 is 0. The van der Waals surface area contributed by atoms with E-state index in [-0.39, 0.29) is 17.8 Å². The van der Waals surface area contributed by atoms with Crippen LogP contribution >= 0.6 is 0 Å². The summed E-state index contributed by atoms with van der Waals surface area (Å²) in [6.07, 6.45) is 3.45. The van der Waals surface area contributed by atoms with Crippen molar-refractivity contribution in [2.24, 2.45) is 0 Å². The van der Waals surface area contributed by atoms with Crippen molar-refractivity contribution in [1.29, 1.82) is 0 Å². The van der Waals surface area contributed by atoms with E-state index in [1.165, 1.54) is 18.6 Å². The summed E-state index contributed by atoms with van der Waals surface area (Å²) in [6.45, 7) is 4.09. The maximum absolute atomic E-state index is 12.8. The van der Waals surface area contributed by atoms with Crippen molar-refractivity contribution in [3.05, 3.63) is 35.6 Å². The first kappa shape index (κ1) is 14.0. The minimum absolute atomic E-state index is 0.0503. The third kappa shape index (κ3) is 4.03. The van der Waals surface area contributed by atoms with Gasteiger partial charge in [-0.05, 0) is 43.9 Å². The summed E-state index contributed by atoms with van der Waals surface area (Å²) in [7, 11) is 0. The first-order valence-electron chi connectivity index (χ1n) is 6.93. The molecule has 0 radical (unpaired) electrons. The maximum Gasteiger partial charge on any atom is 0.236 e. The van der Waals surface area contributed by atoms with Gasteiger partial charge >= 0.3 is 0 Å². The summed E-state index contributed by atoms with van der Waals surface area (Å²) < 4.78 is 12.8. The Hall–Kier alpha value is -1.42. The Labute approximate surface area is 113 Å². The van der Waals surface area contributed by atoms with Gasteiger partial charge in [-0.3, -0.25) is 4.79 Å². The third-order valence-electron chi connectivity index (χ3n) is 3.64. The zero-order chi connectivity index (χ0) is 13.7. The number of carbonyl (C=O) groups is 1. The number of rotatable bonds is 4. The molecule has 1 heterocycles. The lowest BCUT2D eigenvalue weighted by molar-refractivity contribution is -0.131. The maximum atomic E-state index is 12.8. The van der Waals surface area contributed by atoms with Crippen molar-refractivity contribution in [2.45, 2.75) is 32.2 Å². The molecule has 1 saturated heterocycles. The number of likely N-dealkylation sites (tertiary alicyclic amines) is 1. The summed E-state index contributed by atoms with van der Waals surface area (Å²) in [5.41, 5.74) is 0.993. The number of hydrogen-bond acceptors (Lipinski definition) is 2. The Morgan fingerprint density at radius 2 is 1.89 bits per heavy atom. The molecule has 4 heteroatoms. The van der Waals surface area contributed by atoms with Crippen LogP contribution in [0, 0.1) is 5.82 Å². The first-order valence-corrected chi connectivity index (χ1v) is 6.93. The van der Waals surface area contributed by atoms with Gasteiger partial charge in [-0.1, -0.05) is 12.1 Å². The van der Waals surface area contributed by atoms with Crippen LogP contribution in [0.15, 0.2) is 24.3 Å². The second kappa shape index (κ2) is 6.66. The molecule has 0 saturated carbocycles. The van der Waals surface area contributed by atoms with Gasteiger partial charge in [0.05, 0.1) is 6.54 Å². The molecule has 1 N–H and O–H groups in total. The highest BCUT2D eigenvalue weighted by molar-refractivity contribution is 5.78. The topological polar surface area (TPSA) is 32.3 Å². The molecule has 0 bridgehead atoms. The predicted octanol–water partition coefficient (Wildman–Crippen LogP) is 2.49. The molecule has 1 aliphatic heterocycles. The van der Waals surface area contributed by atoms with Crippen molar-refractivity contribution >= 4 is 5.91 Å². The molecule has 1 atom stereocenters. The van der Waals surface area contributed by atoms with Crippen molar-refractivity contribution in [3.8, 4) is 0 Å². The molecule has 1 amide bonds. The SMILES string of the molecule is CC(NCC(=O)N1CCCCC1)c1ccc(F)cc1. The smallest absolute Gasteiger partial charge is 0.236 e. The van der Waals surface area contributed by atoms with Crippen LogP contribution in [-0.4, -0.2) is 30.4 Å². The van der Waals surface area contributed by atoms with E-state index in [1.54, 1.807) is 12.1 Å². The quantitative estimate of drug-likeness (QED) is 0.906. The molecule has 1 fully saturated rings. The molecule has 1 unspecified atom stereocenters. The third-order valence-corrected chi connectivity index (χ3v) is 3.64. The Balaban J connectivity index is 1.80. The molecule has 0 aromatic heterocycles. The molecule has 0 aliphatic carbocycles. The highest BCUT2D eigenvalue weighted by Gasteiger charge is 2.16. The van der Waals surface area contributed by atoms with Crippen molar-refractivity contribution in [3.63, 3.8) is 0 Å². The lowest BCUT2D eigenvalue weighted by atomic mass is 10.1. The number of piperidine rings is 1. The van der Waals surface area contributed by atoms with Gasteiger partial charge in [-0.2, -0.15) is 0 Å². The van der Waals surface area contributed by atoms with Gasteiger partial charge < -0.3 is 10.2 Å². The van der Waals surface area contributed by atoms with Gasteiger partial charge in [-0.15, -0.1) is 0 Å². The average Bonchev–Trinajstić information content (AvgIpc) is 2.46. The number of hydrogen-bond donors (Lipinski definition) is 1. The Morgan fingerprint density at radius 1 is 1.26 bits per heavy atom. The highest BCUT2D eigenvalue weighted by atomic mass is 19.1. The van der Waals surface area contributed by atoms with E-state index < -0.39 is 0 Å². The minimum atomic E-state index is -0.236. The average molecular weight is 264 g/mol. The summed E-state index contributed by atoms with van der Waals surface area (Å²) in [6, 6.07) is 6.44. The zero-order valence-electron chi connectivity index (χ0n) is 11.4. The van der Waals surface area contributed by atoms with Crippen LogP contribution in [0.3, 0.4) is 0 Å². The largest absolute Gasteiger partial charge is 0.342 e. The van der Waals surface area contributed by atoms with E-state index >= 15 is 0 Å². The monoisotopic (exact) mass is 264 g/mol. The lowest BCUT2D eigenvalue weighted by Gasteiger charge is -2.27. The van der Waals surface area contributed by atoms with Gasteiger partial charge in [0.25, 0.3) is 0 Å². The van der Waals surface area contributed by atoms with E-state index in [4.69, 9.17) is 0 Å². The highest BCUT2D eigenvalue weighted by Crippen LogP contribution is 2.13. The summed E-state index contributed by atoms with van der Waals surface area (Å²) in [4.78, 5) is 13.9. The number of amides is 1. The standard InChI is InChI=1S/C15H21FN2O/c1-12(13-5-7-14(16)8-6-13)17-11-15(19)18-9-3-2-4-10-18/h5-8,12,17H,2-4,9-11H2,1H3. The van der Waals surface area contributed by atoms with Gasteiger partial charge in [0.1, 0.15) is 5.82 Å². The van der Waals surface area contributed by atoms with Crippen LogP contribution in [0.25, 0.3) is 0 Å². The van der Waals surface area contributed by atoms with Gasteiger partial charge in [-0.25, -0.2) is 4.39 Å². The van der Waals surface area contributed by atoms with Crippen LogP contribution in [0.1, 0.15) is 37.8 Å². The summed E-state index contributed by atoms with van der Waals surface area (Å²) in [5.74, 6) is -0.0750. The van der Waals surface area contributed by atoms with Gasteiger partial charge in [0.15, 0.2) is 0 Å². The van der Waals surface area contributed by atoms with Crippen molar-refractivity contribution < 1.29 is 9.18 Å². The van der Waals surface area contributed by atoms with Crippen molar-refractivity contribution in [2.75, 3.05) is 19.6 Å².